The van der Waals surface area contributed by atoms with Gasteiger partial charge >= 0.3 is 6.09 Å². The molecule has 5 heteroatoms. The summed E-state index contributed by atoms with van der Waals surface area (Å²) >= 11 is 1.83. The van der Waals surface area contributed by atoms with Crippen LogP contribution in [0, 0.1) is 19.8 Å². The fourth-order valence-electron chi connectivity index (χ4n) is 2.49. The van der Waals surface area contributed by atoms with Crippen molar-refractivity contribution in [2.45, 2.75) is 73.1 Å². The van der Waals surface area contributed by atoms with E-state index >= 15 is 0 Å². The lowest BCUT2D eigenvalue weighted by Gasteiger charge is -2.28. The van der Waals surface area contributed by atoms with Crippen LogP contribution >= 0.6 is 11.3 Å². The summed E-state index contributed by atoms with van der Waals surface area (Å²) in [4.78, 5) is 14.5. The van der Waals surface area contributed by atoms with Gasteiger partial charge in [-0.3, -0.25) is 0 Å². The Morgan fingerprint density at radius 2 is 1.87 bits per heavy atom. The number of nitrogens with one attached hydrogen (secondary N) is 2. The van der Waals surface area contributed by atoms with Gasteiger partial charge in [0.15, 0.2) is 0 Å². The lowest BCUT2D eigenvalue weighted by atomic mass is 10.0. The number of amides is 1. The molecule has 0 saturated carbocycles. The number of hydrogen-bond donors (Lipinski definition) is 2. The van der Waals surface area contributed by atoms with E-state index in [0.29, 0.717) is 12.5 Å². The maximum Gasteiger partial charge on any atom is 0.407 e. The predicted molar refractivity (Wildman–Crippen MR) is 98.2 cm³/mol. The van der Waals surface area contributed by atoms with Crippen molar-refractivity contribution in [3.8, 4) is 0 Å². The first-order chi connectivity index (χ1) is 10.5. The number of aryl methyl sites for hydroxylation is 2. The van der Waals surface area contributed by atoms with E-state index in [0.717, 1.165) is 0 Å². The summed E-state index contributed by atoms with van der Waals surface area (Å²) in [5, 5.41) is 6.52. The van der Waals surface area contributed by atoms with Crippen LogP contribution in [0.25, 0.3) is 0 Å². The van der Waals surface area contributed by atoms with E-state index in [-0.39, 0.29) is 18.2 Å². The van der Waals surface area contributed by atoms with Crippen molar-refractivity contribution in [2.24, 2.45) is 5.92 Å². The second kappa shape index (κ2) is 8.15. The topological polar surface area (TPSA) is 50.4 Å². The second-order valence-corrected chi connectivity index (χ2v) is 8.95. The molecule has 1 aromatic rings. The van der Waals surface area contributed by atoms with Crippen molar-refractivity contribution >= 4 is 17.4 Å². The van der Waals surface area contributed by atoms with Crippen LogP contribution < -0.4 is 10.6 Å². The number of rotatable bonds is 6. The largest absolute Gasteiger partial charge is 0.444 e. The number of alkyl carbamates (subject to hydrolysis) is 1. The Kier molecular flexibility index (Phi) is 7.08. The maximum absolute atomic E-state index is 11.8. The van der Waals surface area contributed by atoms with Crippen molar-refractivity contribution in [3.05, 3.63) is 21.4 Å². The molecule has 2 N–H and O–H groups in total. The Morgan fingerprint density at radius 1 is 1.26 bits per heavy atom. The summed E-state index contributed by atoms with van der Waals surface area (Å²) < 4.78 is 5.30. The van der Waals surface area contributed by atoms with Gasteiger partial charge in [0, 0.05) is 28.4 Å². The Hall–Kier alpha value is -1.07. The average Bonchev–Trinajstić information content (AvgIpc) is 2.70. The molecule has 2 unspecified atom stereocenters. The van der Waals surface area contributed by atoms with E-state index in [1.807, 2.05) is 32.1 Å². The molecular weight excluding hydrogens is 308 g/mol. The minimum atomic E-state index is -0.469. The van der Waals surface area contributed by atoms with Gasteiger partial charge in [-0.1, -0.05) is 13.8 Å². The minimum Gasteiger partial charge on any atom is -0.444 e. The lowest BCUT2D eigenvalue weighted by Crippen LogP contribution is -2.46. The summed E-state index contributed by atoms with van der Waals surface area (Å²) in [6.07, 6.45) is -0.361. The second-order valence-electron chi connectivity index (χ2n) is 7.49. The first-order valence-electron chi connectivity index (χ1n) is 8.29. The molecule has 0 aliphatic heterocycles. The number of ether oxygens (including phenoxy) is 1. The predicted octanol–water partition coefficient (Wildman–Crippen LogP) is 4.56. The van der Waals surface area contributed by atoms with Crippen LogP contribution in [-0.2, 0) is 4.74 Å². The van der Waals surface area contributed by atoms with Gasteiger partial charge in [-0.2, -0.15) is 0 Å². The van der Waals surface area contributed by atoms with Gasteiger partial charge in [0.1, 0.15) is 5.60 Å². The van der Waals surface area contributed by atoms with Crippen LogP contribution in [0.2, 0.25) is 0 Å². The van der Waals surface area contributed by atoms with Crippen molar-refractivity contribution in [2.75, 3.05) is 6.54 Å². The molecule has 0 saturated heterocycles. The maximum atomic E-state index is 11.8. The van der Waals surface area contributed by atoms with Crippen LogP contribution in [0.5, 0.6) is 0 Å². The fraction of sp³-hybridized carbons (Fsp3) is 0.722. The van der Waals surface area contributed by atoms with Crippen LogP contribution in [0.4, 0.5) is 4.79 Å². The number of carbonyl (C=O) groups excluding carboxylic acids is 1. The van der Waals surface area contributed by atoms with Crippen LogP contribution in [0.3, 0.4) is 0 Å². The van der Waals surface area contributed by atoms with Gasteiger partial charge < -0.3 is 15.4 Å². The van der Waals surface area contributed by atoms with Gasteiger partial charge in [0.25, 0.3) is 0 Å². The molecule has 132 valence electrons. The highest BCUT2D eigenvalue weighted by Crippen LogP contribution is 2.26. The molecule has 2 atom stereocenters. The molecule has 1 aromatic heterocycles. The van der Waals surface area contributed by atoms with E-state index in [9.17, 15) is 4.79 Å². The van der Waals surface area contributed by atoms with Gasteiger partial charge in [-0.05, 0) is 59.1 Å². The lowest BCUT2D eigenvalue weighted by molar-refractivity contribution is 0.0518. The Labute approximate surface area is 145 Å². The third kappa shape index (κ3) is 6.92. The Balaban J connectivity index is 2.62. The highest BCUT2D eigenvalue weighted by atomic mass is 32.1. The molecule has 0 bridgehead atoms. The van der Waals surface area contributed by atoms with E-state index in [1.54, 1.807) is 0 Å². The van der Waals surface area contributed by atoms with Crippen LogP contribution in [0.15, 0.2) is 6.07 Å². The standard InChI is InChI=1S/C18H32N2O2S/c1-11(2)16(10-19-17(21)22-18(6,7)8)20-13(4)15-9-12(3)23-14(15)5/h9,11,13,16,20H,10H2,1-8H3,(H,19,21). The molecule has 1 rings (SSSR count). The SMILES string of the molecule is Cc1cc(C(C)NC(CNC(=O)OC(C)(C)C)C(C)C)c(C)s1. The van der Waals surface area contributed by atoms with Crippen LogP contribution in [-0.4, -0.2) is 24.3 Å². The first-order valence-corrected chi connectivity index (χ1v) is 9.11. The Bertz CT molecular complexity index is 518. The number of thiophene rings is 1. The molecule has 0 spiro atoms. The highest BCUT2D eigenvalue weighted by Gasteiger charge is 2.21. The molecule has 23 heavy (non-hydrogen) atoms. The molecule has 4 nitrogen and oxygen atoms in total. The monoisotopic (exact) mass is 340 g/mol. The third-order valence-corrected chi connectivity index (χ3v) is 4.66. The summed E-state index contributed by atoms with van der Waals surface area (Å²) in [6, 6.07) is 2.70. The molecule has 1 amide bonds. The van der Waals surface area contributed by atoms with Crippen molar-refractivity contribution < 1.29 is 9.53 Å². The van der Waals surface area contributed by atoms with Crippen molar-refractivity contribution in [1.29, 1.82) is 0 Å². The molecule has 0 aliphatic rings. The highest BCUT2D eigenvalue weighted by molar-refractivity contribution is 7.12. The molecule has 0 fully saturated rings. The summed E-state index contributed by atoms with van der Waals surface area (Å²) in [6.45, 7) is 17.0. The van der Waals surface area contributed by atoms with E-state index < -0.39 is 5.60 Å². The fourth-order valence-corrected chi connectivity index (χ4v) is 3.51. The zero-order valence-electron chi connectivity index (χ0n) is 15.7. The molecule has 0 aliphatic carbocycles. The van der Waals surface area contributed by atoms with E-state index in [1.165, 1.54) is 15.3 Å². The zero-order valence-corrected chi connectivity index (χ0v) is 16.6. The molecule has 1 heterocycles. The summed E-state index contributed by atoms with van der Waals surface area (Å²) in [5.41, 5.74) is 0.874. The van der Waals surface area contributed by atoms with Crippen molar-refractivity contribution in [3.63, 3.8) is 0 Å². The molecule has 0 radical (unpaired) electrons. The quantitative estimate of drug-likeness (QED) is 0.798. The first kappa shape index (κ1) is 20.0. The van der Waals surface area contributed by atoms with Gasteiger partial charge in [0.05, 0.1) is 0 Å². The third-order valence-electron chi connectivity index (χ3n) is 3.68. The van der Waals surface area contributed by atoms with E-state index in [2.05, 4.69) is 51.3 Å². The summed E-state index contributed by atoms with van der Waals surface area (Å²) in [5.74, 6) is 0.410. The van der Waals surface area contributed by atoms with Gasteiger partial charge in [0.2, 0.25) is 0 Å². The normalized spacial score (nSPS) is 14.7. The number of hydrogen-bond acceptors (Lipinski definition) is 4. The van der Waals surface area contributed by atoms with Crippen molar-refractivity contribution in [1.82, 2.24) is 10.6 Å². The smallest absolute Gasteiger partial charge is 0.407 e. The molecule has 0 aromatic carbocycles. The Morgan fingerprint density at radius 3 is 2.30 bits per heavy atom. The summed E-state index contributed by atoms with van der Waals surface area (Å²) in [7, 11) is 0. The van der Waals surface area contributed by atoms with Crippen LogP contribution in [0.1, 0.15) is 62.9 Å². The van der Waals surface area contributed by atoms with Gasteiger partial charge in [-0.15, -0.1) is 11.3 Å². The van der Waals surface area contributed by atoms with Gasteiger partial charge in [-0.25, -0.2) is 4.79 Å². The minimum absolute atomic E-state index is 0.192. The zero-order chi connectivity index (χ0) is 17.8. The number of carbonyl (C=O) groups is 1. The molecular formula is C18H32N2O2S. The average molecular weight is 341 g/mol. The van der Waals surface area contributed by atoms with E-state index in [4.69, 9.17) is 4.74 Å².